The highest BCUT2D eigenvalue weighted by atomic mass is 16.7. The number of ether oxygens (including phenoxy) is 7. The third-order valence-corrected chi connectivity index (χ3v) is 2.30. The topological polar surface area (TPSA) is 98.8 Å². The Morgan fingerprint density at radius 1 is 0.560 bits per heavy atom. The van der Waals surface area contributed by atoms with Crippen LogP contribution in [0.1, 0.15) is 27.7 Å². The van der Waals surface area contributed by atoms with E-state index in [1.54, 1.807) is 27.7 Å². The van der Waals surface area contributed by atoms with E-state index in [4.69, 9.17) is 33.2 Å². The molecule has 0 rings (SSSR count). The van der Waals surface area contributed by atoms with Crippen LogP contribution in [-0.4, -0.2) is 77.4 Å². The minimum atomic E-state index is -0.701. The summed E-state index contributed by atoms with van der Waals surface area (Å²) in [5, 5.41) is 0. The number of hydrogen-bond acceptors (Lipinski definition) is 9. The molecule has 0 aromatic carbocycles. The Balaban J connectivity index is 3.19. The lowest BCUT2D eigenvalue weighted by Crippen LogP contribution is -2.17. The lowest BCUT2D eigenvalue weighted by atomic mass is 10.5. The van der Waals surface area contributed by atoms with E-state index in [9.17, 15) is 9.59 Å². The van der Waals surface area contributed by atoms with Crippen LogP contribution in [-0.2, 0) is 33.2 Å². The Morgan fingerprint density at radius 2 is 0.840 bits per heavy atom. The van der Waals surface area contributed by atoms with Gasteiger partial charge in [0.05, 0.1) is 51.8 Å². The van der Waals surface area contributed by atoms with Gasteiger partial charge in [0.15, 0.2) is 0 Å². The molecule has 0 aromatic heterocycles. The predicted octanol–water partition coefficient (Wildman–Crippen LogP) is 2.16. The highest BCUT2D eigenvalue weighted by Gasteiger charge is 2.06. The van der Waals surface area contributed by atoms with Crippen molar-refractivity contribution in [2.45, 2.75) is 39.9 Å². The van der Waals surface area contributed by atoms with Crippen molar-refractivity contribution in [3.8, 4) is 0 Å². The SMILES string of the molecule is CC(C)OC(=O)OCCOCCOCCOCCOC(=O)OC(C)C. The quantitative estimate of drug-likeness (QED) is 0.338. The monoisotopic (exact) mass is 366 g/mol. The molecule has 148 valence electrons. The van der Waals surface area contributed by atoms with Crippen LogP contribution in [0.25, 0.3) is 0 Å². The van der Waals surface area contributed by atoms with Gasteiger partial charge in [-0.1, -0.05) is 0 Å². The number of carbonyl (C=O) groups is 2. The van der Waals surface area contributed by atoms with Crippen molar-refractivity contribution < 1.29 is 42.7 Å². The van der Waals surface area contributed by atoms with Gasteiger partial charge in [-0.05, 0) is 27.7 Å². The fraction of sp³-hybridized carbons (Fsp3) is 0.875. The van der Waals surface area contributed by atoms with Gasteiger partial charge in [-0.2, -0.15) is 0 Å². The average molecular weight is 366 g/mol. The average Bonchev–Trinajstić information content (AvgIpc) is 2.50. The molecule has 0 amide bonds. The van der Waals surface area contributed by atoms with Crippen molar-refractivity contribution in [3.63, 3.8) is 0 Å². The Hall–Kier alpha value is -1.58. The molecule has 0 unspecified atom stereocenters. The molecular formula is C16H30O9. The minimum absolute atomic E-state index is 0.133. The molecular weight excluding hydrogens is 336 g/mol. The van der Waals surface area contributed by atoms with Gasteiger partial charge in [-0.15, -0.1) is 0 Å². The van der Waals surface area contributed by atoms with Crippen LogP contribution in [0, 0.1) is 0 Å². The summed E-state index contributed by atoms with van der Waals surface area (Å²) in [7, 11) is 0. The molecule has 0 radical (unpaired) electrons. The van der Waals surface area contributed by atoms with Crippen LogP contribution < -0.4 is 0 Å². The second kappa shape index (κ2) is 15.9. The summed E-state index contributed by atoms with van der Waals surface area (Å²) in [6.07, 6.45) is -1.81. The van der Waals surface area contributed by atoms with Crippen molar-refractivity contribution in [2.24, 2.45) is 0 Å². The van der Waals surface area contributed by atoms with Gasteiger partial charge in [0.1, 0.15) is 13.2 Å². The summed E-state index contributed by atoms with van der Waals surface area (Å²) >= 11 is 0. The molecule has 0 N–H and O–H groups in total. The predicted molar refractivity (Wildman–Crippen MR) is 87.6 cm³/mol. The van der Waals surface area contributed by atoms with Crippen molar-refractivity contribution >= 4 is 12.3 Å². The highest BCUT2D eigenvalue weighted by Crippen LogP contribution is 1.93. The smallest absolute Gasteiger partial charge is 0.432 e. The van der Waals surface area contributed by atoms with E-state index in [0.29, 0.717) is 26.4 Å². The standard InChI is InChI=1S/C16H30O9/c1-13(2)24-15(17)22-11-9-20-7-5-19-6-8-21-10-12-23-16(18)25-14(3)4/h13-14H,5-12H2,1-4H3. The molecule has 0 aliphatic carbocycles. The molecule has 0 saturated carbocycles. The fourth-order valence-electron chi connectivity index (χ4n) is 1.36. The van der Waals surface area contributed by atoms with E-state index in [2.05, 4.69) is 0 Å². The van der Waals surface area contributed by atoms with Crippen molar-refractivity contribution in [1.82, 2.24) is 0 Å². The van der Waals surface area contributed by atoms with Gasteiger partial charge in [0.2, 0.25) is 0 Å². The lowest BCUT2D eigenvalue weighted by Gasteiger charge is -2.10. The molecule has 9 heteroatoms. The zero-order valence-corrected chi connectivity index (χ0v) is 15.5. The Bertz CT molecular complexity index is 312. The Morgan fingerprint density at radius 3 is 1.12 bits per heavy atom. The Kier molecular flexibility index (Phi) is 14.9. The second-order valence-corrected chi connectivity index (χ2v) is 5.37. The first-order valence-corrected chi connectivity index (χ1v) is 8.31. The zero-order valence-electron chi connectivity index (χ0n) is 15.5. The molecule has 25 heavy (non-hydrogen) atoms. The van der Waals surface area contributed by atoms with E-state index in [0.717, 1.165) is 0 Å². The third kappa shape index (κ3) is 18.6. The maximum Gasteiger partial charge on any atom is 0.508 e. The van der Waals surface area contributed by atoms with Crippen LogP contribution in [0.2, 0.25) is 0 Å². The summed E-state index contributed by atoms with van der Waals surface area (Å²) in [6, 6.07) is 0. The van der Waals surface area contributed by atoms with Gasteiger partial charge >= 0.3 is 12.3 Å². The lowest BCUT2D eigenvalue weighted by molar-refractivity contribution is -0.0158. The van der Waals surface area contributed by atoms with Gasteiger partial charge in [-0.25, -0.2) is 9.59 Å². The van der Waals surface area contributed by atoms with Crippen molar-refractivity contribution in [2.75, 3.05) is 52.9 Å². The molecule has 0 aromatic rings. The summed E-state index contributed by atoms with van der Waals surface area (Å²) in [6.45, 7) is 9.35. The largest absolute Gasteiger partial charge is 0.508 e. The van der Waals surface area contributed by atoms with Crippen LogP contribution in [0.15, 0.2) is 0 Å². The van der Waals surface area contributed by atoms with Crippen LogP contribution in [0.4, 0.5) is 9.59 Å². The van der Waals surface area contributed by atoms with E-state index >= 15 is 0 Å². The minimum Gasteiger partial charge on any atom is -0.432 e. The summed E-state index contributed by atoms with van der Waals surface area (Å²) in [5.74, 6) is 0. The highest BCUT2D eigenvalue weighted by molar-refractivity contribution is 5.60. The summed E-state index contributed by atoms with van der Waals surface area (Å²) < 4.78 is 34.9. The molecule has 0 aliphatic heterocycles. The molecule has 0 saturated heterocycles. The maximum atomic E-state index is 11.0. The first-order valence-electron chi connectivity index (χ1n) is 8.31. The van der Waals surface area contributed by atoms with E-state index in [1.807, 2.05) is 0 Å². The number of hydrogen-bond donors (Lipinski definition) is 0. The van der Waals surface area contributed by atoms with Crippen molar-refractivity contribution in [3.05, 3.63) is 0 Å². The molecule has 0 spiro atoms. The van der Waals surface area contributed by atoms with E-state index < -0.39 is 12.3 Å². The molecule has 0 aliphatic rings. The molecule has 0 bridgehead atoms. The van der Waals surface area contributed by atoms with Crippen LogP contribution in [0.3, 0.4) is 0 Å². The zero-order chi connectivity index (χ0) is 18.9. The maximum absolute atomic E-state index is 11.0. The molecule has 0 atom stereocenters. The van der Waals surface area contributed by atoms with Crippen LogP contribution in [0.5, 0.6) is 0 Å². The summed E-state index contributed by atoms with van der Waals surface area (Å²) in [4.78, 5) is 22.1. The van der Waals surface area contributed by atoms with Gasteiger partial charge in [0.25, 0.3) is 0 Å². The Labute approximate surface area is 148 Å². The summed E-state index contributed by atoms with van der Waals surface area (Å²) in [5.41, 5.74) is 0. The fourth-order valence-corrected chi connectivity index (χ4v) is 1.36. The molecule has 0 heterocycles. The first-order chi connectivity index (χ1) is 11.9. The number of rotatable bonds is 14. The van der Waals surface area contributed by atoms with E-state index in [-0.39, 0.29) is 38.6 Å². The first kappa shape index (κ1) is 23.4. The van der Waals surface area contributed by atoms with Crippen LogP contribution >= 0.6 is 0 Å². The molecule has 9 nitrogen and oxygen atoms in total. The molecule has 0 fully saturated rings. The van der Waals surface area contributed by atoms with Gasteiger partial charge < -0.3 is 33.2 Å². The second-order valence-electron chi connectivity index (χ2n) is 5.37. The van der Waals surface area contributed by atoms with Gasteiger partial charge in [-0.3, -0.25) is 0 Å². The van der Waals surface area contributed by atoms with Crippen molar-refractivity contribution in [1.29, 1.82) is 0 Å². The van der Waals surface area contributed by atoms with Gasteiger partial charge in [0, 0.05) is 0 Å². The third-order valence-electron chi connectivity index (χ3n) is 2.30. The van der Waals surface area contributed by atoms with E-state index in [1.165, 1.54) is 0 Å². The normalized spacial score (nSPS) is 10.8. The number of carbonyl (C=O) groups excluding carboxylic acids is 2.